The Morgan fingerprint density at radius 1 is 1.36 bits per heavy atom. The zero-order valence-corrected chi connectivity index (χ0v) is 8.45. The summed E-state index contributed by atoms with van der Waals surface area (Å²) in [4.78, 5) is 11.4. The van der Waals surface area contributed by atoms with E-state index >= 15 is 0 Å². The predicted molar refractivity (Wildman–Crippen MR) is 57.6 cm³/mol. The van der Waals surface area contributed by atoms with Crippen molar-refractivity contribution in [3.63, 3.8) is 0 Å². The summed E-state index contributed by atoms with van der Waals surface area (Å²) < 4.78 is 1.72. The highest BCUT2D eigenvalue weighted by atomic mass is 16.1. The number of nitrogens with zero attached hydrogens (tertiary/aromatic N) is 1. The number of carbonyl (C=O) groups is 1. The number of hydrogen-bond donors (Lipinski definition) is 0. The molecule has 2 rings (SSSR count). The van der Waals surface area contributed by atoms with Gasteiger partial charge in [0.25, 0.3) is 0 Å². The zero-order valence-electron chi connectivity index (χ0n) is 8.45. The first-order valence-corrected chi connectivity index (χ1v) is 4.84. The third kappa shape index (κ3) is 1.23. The van der Waals surface area contributed by atoms with E-state index in [0.29, 0.717) is 0 Å². The highest BCUT2D eigenvalue weighted by Crippen LogP contribution is 2.20. The van der Waals surface area contributed by atoms with Crippen LogP contribution in [0.2, 0.25) is 0 Å². The van der Waals surface area contributed by atoms with Crippen molar-refractivity contribution >= 4 is 16.8 Å². The molecule has 0 bridgehead atoms. The second-order valence-electron chi connectivity index (χ2n) is 3.41. The minimum atomic E-state index is 0.0703. The van der Waals surface area contributed by atoms with Gasteiger partial charge in [0.1, 0.15) is 0 Å². The van der Waals surface area contributed by atoms with Crippen LogP contribution in [0.3, 0.4) is 0 Å². The van der Waals surface area contributed by atoms with E-state index in [1.54, 1.807) is 11.5 Å². The van der Waals surface area contributed by atoms with Gasteiger partial charge >= 0.3 is 0 Å². The molecule has 0 saturated heterocycles. The number of aryl methyl sites for hydroxylation is 1. The maximum absolute atomic E-state index is 11.4. The average Bonchev–Trinajstić information content (AvgIpc) is 2.60. The summed E-state index contributed by atoms with van der Waals surface area (Å²) >= 11 is 0. The molecule has 0 spiro atoms. The predicted octanol–water partition coefficient (Wildman–Crippen LogP) is 2.86. The normalized spacial score (nSPS) is 10.7. The van der Waals surface area contributed by atoms with Crippen LogP contribution in [0.1, 0.15) is 24.2 Å². The van der Waals surface area contributed by atoms with Crippen molar-refractivity contribution in [1.82, 2.24) is 4.57 Å². The van der Waals surface area contributed by atoms with Crippen LogP contribution in [0.15, 0.2) is 30.5 Å². The van der Waals surface area contributed by atoms with Crippen LogP contribution >= 0.6 is 0 Å². The summed E-state index contributed by atoms with van der Waals surface area (Å²) in [6, 6.07) is 8.12. The van der Waals surface area contributed by atoms with Crippen LogP contribution < -0.4 is 0 Å². The Morgan fingerprint density at radius 2 is 2.14 bits per heavy atom. The van der Waals surface area contributed by atoms with E-state index in [0.717, 1.165) is 17.3 Å². The number of benzene rings is 1. The van der Waals surface area contributed by atoms with Gasteiger partial charge in [0, 0.05) is 18.5 Å². The van der Waals surface area contributed by atoms with Crippen molar-refractivity contribution in [3.8, 4) is 0 Å². The van der Waals surface area contributed by atoms with E-state index < -0.39 is 0 Å². The number of fused-ring (bicyclic) bond motifs is 1. The third-order valence-electron chi connectivity index (χ3n) is 2.52. The lowest BCUT2D eigenvalue weighted by atomic mass is 10.1. The molecule has 1 heterocycles. The fraction of sp³-hybridized carbons (Fsp3) is 0.250. The second kappa shape index (κ2) is 3.29. The molecule has 2 nitrogen and oxygen atoms in total. The maximum atomic E-state index is 11.4. The fourth-order valence-corrected chi connectivity index (χ4v) is 1.82. The summed E-state index contributed by atoms with van der Waals surface area (Å²) in [6.45, 7) is 3.69. The molecule has 0 N–H and O–H groups in total. The second-order valence-corrected chi connectivity index (χ2v) is 3.41. The molecular formula is C12H13NO. The van der Waals surface area contributed by atoms with Crippen LogP contribution in [0.25, 0.3) is 10.9 Å². The van der Waals surface area contributed by atoms with Crippen LogP contribution in [0.5, 0.6) is 0 Å². The Balaban J connectivity index is 2.81. The fourth-order valence-electron chi connectivity index (χ4n) is 1.82. The molecule has 2 heteroatoms. The minimum absolute atomic E-state index is 0.0703. The lowest BCUT2D eigenvalue weighted by Gasteiger charge is -2.04. The Labute approximate surface area is 83.2 Å². The first-order chi connectivity index (χ1) is 6.74. The van der Waals surface area contributed by atoms with Crippen molar-refractivity contribution in [2.24, 2.45) is 0 Å². The molecule has 0 unspecified atom stereocenters. The van der Waals surface area contributed by atoms with Crippen LogP contribution in [-0.2, 0) is 6.42 Å². The smallest absolute Gasteiger partial charge is 0.227 e. The molecule has 0 aliphatic heterocycles. The SMILES string of the molecule is CCc1cccc2ccn(C(C)=O)c12. The summed E-state index contributed by atoms with van der Waals surface area (Å²) in [5.74, 6) is 0.0703. The number of aromatic nitrogens is 1. The van der Waals surface area contributed by atoms with Crippen LogP contribution in [-0.4, -0.2) is 10.5 Å². The van der Waals surface area contributed by atoms with Gasteiger partial charge in [-0.1, -0.05) is 25.1 Å². The molecule has 72 valence electrons. The van der Waals surface area contributed by atoms with Crippen LogP contribution in [0.4, 0.5) is 0 Å². The maximum Gasteiger partial charge on any atom is 0.227 e. The van der Waals surface area contributed by atoms with Crippen molar-refractivity contribution in [1.29, 1.82) is 0 Å². The largest absolute Gasteiger partial charge is 0.287 e. The first kappa shape index (κ1) is 9.00. The molecule has 14 heavy (non-hydrogen) atoms. The van der Waals surface area contributed by atoms with Crippen molar-refractivity contribution in [3.05, 3.63) is 36.0 Å². The highest BCUT2D eigenvalue weighted by molar-refractivity contribution is 5.93. The number of hydrogen-bond acceptors (Lipinski definition) is 1. The third-order valence-corrected chi connectivity index (χ3v) is 2.52. The molecule has 0 fully saturated rings. The molecule has 0 atom stereocenters. The van der Waals surface area contributed by atoms with Gasteiger partial charge < -0.3 is 0 Å². The van der Waals surface area contributed by atoms with Crippen molar-refractivity contribution < 1.29 is 4.79 Å². The first-order valence-electron chi connectivity index (χ1n) is 4.84. The molecule has 0 radical (unpaired) electrons. The number of rotatable bonds is 1. The van der Waals surface area contributed by atoms with Gasteiger partial charge in [-0.3, -0.25) is 9.36 Å². The molecule has 0 aliphatic carbocycles. The molecule has 0 saturated carbocycles. The van der Waals surface area contributed by atoms with Gasteiger partial charge in [-0.15, -0.1) is 0 Å². The number of carbonyl (C=O) groups excluding carboxylic acids is 1. The Hall–Kier alpha value is -1.57. The molecule has 0 amide bonds. The summed E-state index contributed by atoms with van der Waals surface area (Å²) in [7, 11) is 0. The van der Waals surface area contributed by atoms with Gasteiger partial charge in [0.2, 0.25) is 5.91 Å². The average molecular weight is 187 g/mol. The van der Waals surface area contributed by atoms with E-state index in [9.17, 15) is 4.79 Å². The van der Waals surface area contributed by atoms with E-state index in [1.165, 1.54) is 5.56 Å². The molecular weight excluding hydrogens is 174 g/mol. The van der Waals surface area contributed by atoms with Gasteiger partial charge in [0.05, 0.1) is 5.52 Å². The van der Waals surface area contributed by atoms with Crippen molar-refractivity contribution in [2.45, 2.75) is 20.3 Å². The minimum Gasteiger partial charge on any atom is -0.287 e. The quantitative estimate of drug-likeness (QED) is 0.672. The van der Waals surface area contributed by atoms with Crippen molar-refractivity contribution in [2.75, 3.05) is 0 Å². The Kier molecular flexibility index (Phi) is 2.12. The lowest BCUT2D eigenvalue weighted by molar-refractivity contribution is 0.0941. The van der Waals surface area contributed by atoms with E-state index in [2.05, 4.69) is 13.0 Å². The van der Waals surface area contributed by atoms with Crippen LogP contribution in [0, 0.1) is 0 Å². The van der Waals surface area contributed by atoms with E-state index in [4.69, 9.17) is 0 Å². The van der Waals surface area contributed by atoms with Gasteiger partial charge in [-0.05, 0) is 18.1 Å². The van der Waals surface area contributed by atoms with Gasteiger partial charge in [0.15, 0.2) is 0 Å². The standard InChI is InChI=1S/C12H13NO/c1-3-10-5-4-6-11-7-8-13(9(2)14)12(10)11/h4-8H,3H2,1-2H3. The Morgan fingerprint density at radius 3 is 2.79 bits per heavy atom. The van der Waals surface area contributed by atoms with E-state index in [1.807, 2.05) is 24.4 Å². The monoisotopic (exact) mass is 187 g/mol. The highest BCUT2D eigenvalue weighted by Gasteiger charge is 2.07. The topological polar surface area (TPSA) is 22.0 Å². The number of para-hydroxylation sites is 1. The molecule has 0 aliphatic rings. The van der Waals surface area contributed by atoms with E-state index in [-0.39, 0.29) is 5.91 Å². The van der Waals surface area contributed by atoms with Gasteiger partial charge in [-0.25, -0.2) is 0 Å². The molecule has 1 aromatic heterocycles. The Bertz CT molecular complexity index is 482. The lowest BCUT2D eigenvalue weighted by Crippen LogP contribution is -2.04. The summed E-state index contributed by atoms with van der Waals surface area (Å²) in [5, 5.41) is 1.14. The zero-order chi connectivity index (χ0) is 10.1. The summed E-state index contributed by atoms with van der Waals surface area (Å²) in [6.07, 6.45) is 2.79. The summed E-state index contributed by atoms with van der Waals surface area (Å²) in [5.41, 5.74) is 2.28. The molecule has 2 aromatic rings. The van der Waals surface area contributed by atoms with Gasteiger partial charge in [-0.2, -0.15) is 0 Å². The molecule has 1 aromatic carbocycles.